The minimum atomic E-state index is 0.766. The SMILES string of the molecule is CC.CC.CC(C)Cc1ccccc1.CC1CCCCC1. The molecule has 0 nitrogen and oxygen atoms in total. The van der Waals surface area contributed by atoms with Gasteiger partial charge in [-0.05, 0) is 23.8 Å². The third kappa shape index (κ3) is 15.4. The minimum Gasteiger partial charge on any atom is -0.0683 e. The summed E-state index contributed by atoms with van der Waals surface area (Å²) < 4.78 is 0. The fraction of sp³-hybridized carbons (Fsp3) is 0.714. The normalized spacial score (nSPS) is 13.9. The fourth-order valence-corrected chi connectivity index (χ4v) is 2.39. The van der Waals surface area contributed by atoms with Crippen molar-refractivity contribution in [3.8, 4) is 0 Å². The Labute approximate surface area is 135 Å². The van der Waals surface area contributed by atoms with E-state index in [-0.39, 0.29) is 0 Å². The van der Waals surface area contributed by atoms with Crippen LogP contribution in [0.2, 0.25) is 0 Å². The van der Waals surface area contributed by atoms with Gasteiger partial charge in [0.25, 0.3) is 0 Å². The summed E-state index contributed by atoms with van der Waals surface area (Å²) in [5.41, 5.74) is 1.44. The third-order valence-corrected chi connectivity index (χ3v) is 3.38. The van der Waals surface area contributed by atoms with Gasteiger partial charge in [-0.1, -0.05) is 111 Å². The molecule has 0 radical (unpaired) electrons. The van der Waals surface area contributed by atoms with E-state index in [2.05, 4.69) is 51.1 Å². The second-order valence-electron chi connectivity index (χ2n) is 5.83. The molecular weight excluding hydrogens is 252 g/mol. The Kier molecular flexibility index (Phi) is 18.5. The topological polar surface area (TPSA) is 0 Å². The molecule has 0 saturated heterocycles. The van der Waals surface area contributed by atoms with Gasteiger partial charge < -0.3 is 0 Å². The molecule has 1 saturated carbocycles. The maximum atomic E-state index is 2.36. The lowest BCUT2D eigenvalue weighted by atomic mass is 9.91. The van der Waals surface area contributed by atoms with E-state index < -0.39 is 0 Å². The van der Waals surface area contributed by atoms with E-state index in [4.69, 9.17) is 0 Å². The van der Waals surface area contributed by atoms with Crippen LogP contribution in [0, 0.1) is 11.8 Å². The first-order chi connectivity index (χ1) is 10.2. The van der Waals surface area contributed by atoms with Crippen LogP contribution >= 0.6 is 0 Å². The molecule has 0 atom stereocenters. The Hall–Kier alpha value is -0.780. The van der Waals surface area contributed by atoms with E-state index in [0.717, 1.165) is 11.8 Å². The highest BCUT2D eigenvalue weighted by Gasteiger charge is 2.05. The molecule has 0 N–H and O–H groups in total. The molecular formula is C21H40. The highest BCUT2D eigenvalue weighted by Crippen LogP contribution is 2.22. The van der Waals surface area contributed by atoms with Gasteiger partial charge in [-0.15, -0.1) is 0 Å². The third-order valence-electron chi connectivity index (χ3n) is 3.38. The van der Waals surface area contributed by atoms with E-state index in [0.29, 0.717) is 0 Å². The number of hydrogen-bond acceptors (Lipinski definition) is 0. The predicted molar refractivity (Wildman–Crippen MR) is 99.9 cm³/mol. The smallest absolute Gasteiger partial charge is 0.0256 e. The van der Waals surface area contributed by atoms with Crippen LogP contribution in [0.4, 0.5) is 0 Å². The molecule has 2 rings (SSSR count). The molecule has 21 heavy (non-hydrogen) atoms. The average Bonchev–Trinajstić information content (AvgIpc) is 2.53. The molecule has 124 valence electrons. The first-order valence-corrected chi connectivity index (χ1v) is 9.22. The summed E-state index contributed by atoms with van der Waals surface area (Å²) in [6, 6.07) is 10.6. The van der Waals surface area contributed by atoms with Crippen molar-refractivity contribution in [2.75, 3.05) is 0 Å². The highest BCUT2D eigenvalue weighted by molar-refractivity contribution is 5.14. The lowest BCUT2D eigenvalue weighted by Crippen LogP contribution is -1.99. The monoisotopic (exact) mass is 292 g/mol. The van der Waals surface area contributed by atoms with E-state index in [9.17, 15) is 0 Å². The maximum absolute atomic E-state index is 2.36. The molecule has 1 aliphatic rings. The van der Waals surface area contributed by atoms with Crippen LogP contribution in [-0.4, -0.2) is 0 Å². The molecule has 0 spiro atoms. The van der Waals surface area contributed by atoms with Crippen molar-refractivity contribution >= 4 is 0 Å². The molecule has 1 fully saturated rings. The second kappa shape index (κ2) is 17.3. The molecule has 0 heteroatoms. The Balaban J connectivity index is 0. The molecule has 0 aliphatic heterocycles. The summed E-state index contributed by atoms with van der Waals surface area (Å²) in [6.45, 7) is 14.8. The van der Waals surface area contributed by atoms with Crippen LogP contribution in [0.1, 0.15) is 86.1 Å². The summed E-state index contributed by atoms with van der Waals surface area (Å²) in [7, 11) is 0. The van der Waals surface area contributed by atoms with Gasteiger partial charge >= 0.3 is 0 Å². The minimum absolute atomic E-state index is 0.766. The molecule has 0 aromatic heterocycles. The highest BCUT2D eigenvalue weighted by atomic mass is 14.1. The van der Waals surface area contributed by atoms with Crippen molar-refractivity contribution in [3.05, 3.63) is 35.9 Å². The van der Waals surface area contributed by atoms with E-state index in [1.54, 1.807) is 0 Å². The Morgan fingerprint density at radius 2 is 1.33 bits per heavy atom. The quantitative estimate of drug-likeness (QED) is 0.528. The van der Waals surface area contributed by atoms with E-state index in [1.165, 1.54) is 44.1 Å². The molecule has 1 aromatic carbocycles. The zero-order chi connectivity index (χ0) is 16.5. The molecule has 1 aromatic rings. The predicted octanol–water partition coefficient (Wildman–Crippen LogP) is 7.52. The molecule has 1 aliphatic carbocycles. The Bertz CT molecular complexity index is 267. The Morgan fingerprint density at radius 3 is 1.67 bits per heavy atom. The molecule has 0 unspecified atom stereocenters. The van der Waals surface area contributed by atoms with Gasteiger partial charge in [0.2, 0.25) is 0 Å². The maximum Gasteiger partial charge on any atom is -0.0256 e. The van der Waals surface area contributed by atoms with Gasteiger partial charge in [0.15, 0.2) is 0 Å². The fourth-order valence-electron chi connectivity index (χ4n) is 2.39. The zero-order valence-electron chi connectivity index (χ0n) is 15.8. The van der Waals surface area contributed by atoms with Crippen LogP contribution in [0.5, 0.6) is 0 Å². The number of benzene rings is 1. The van der Waals surface area contributed by atoms with E-state index in [1.807, 2.05) is 27.7 Å². The summed E-state index contributed by atoms with van der Waals surface area (Å²) in [5.74, 6) is 1.80. The van der Waals surface area contributed by atoms with Crippen molar-refractivity contribution in [3.63, 3.8) is 0 Å². The van der Waals surface area contributed by atoms with Gasteiger partial charge in [-0.25, -0.2) is 0 Å². The Morgan fingerprint density at radius 1 is 0.857 bits per heavy atom. The van der Waals surface area contributed by atoms with Crippen molar-refractivity contribution in [2.45, 2.75) is 87.0 Å². The van der Waals surface area contributed by atoms with Crippen molar-refractivity contribution in [2.24, 2.45) is 11.8 Å². The lowest BCUT2D eigenvalue weighted by Gasteiger charge is -2.15. The molecule has 0 bridgehead atoms. The van der Waals surface area contributed by atoms with Crippen molar-refractivity contribution < 1.29 is 0 Å². The van der Waals surface area contributed by atoms with Crippen LogP contribution in [0.3, 0.4) is 0 Å². The van der Waals surface area contributed by atoms with Crippen LogP contribution in [0.15, 0.2) is 30.3 Å². The van der Waals surface area contributed by atoms with Crippen LogP contribution < -0.4 is 0 Å². The average molecular weight is 293 g/mol. The molecule has 0 amide bonds. The summed E-state index contributed by atoms with van der Waals surface area (Å²) >= 11 is 0. The molecule has 0 heterocycles. The van der Waals surface area contributed by atoms with Crippen LogP contribution in [0.25, 0.3) is 0 Å². The summed E-state index contributed by atoms with van der Waals surface area (Å²) in [6.07, 6.45) is 8.63. The van der Waals surface area contributed by atoms with Gasteiger partial charge in [0.1, 0.15) is 0 Å². The van der Waals surface area contributed by atoms with Gasteiger partial charge in [-0.3, -0.25) is 0 Å². The summed E-state index contributed by atoms with van der Waals surface area (Å²) in [4.78, 5) is 0. The summed E-state index contributed by atoms with van der Waals surface area (Å²) in [5, 5.41) is 0. The number of rotatable bonds is 2. The van der Waals surface area contributed by atoms with Crippen LogP contribution in [-0.2, 0) is 6.42 Å². The van der Waals surface area contributed by atoms with Crippen molar-refractivity contribution in [1.29, 1.82) is 0 Å². The lowest BCUT2D eigenvalue weighted by molar-refractivity contribution is 0.385. The first kappa shape index (κ1) is 22.5. The second-order valence-corrected chi connectivity index (χ2v) is 5.83. The largest absolute Gasteiger partial charge is 0.0683 e. The number of hydrogen-bond donors (Lipinski definition) is 0. The van der Waals surface area contributed by atoms with Gasteiger partial charge in [-0.2, -0.15) is 0 Å². The van der Waals surface area contributed by atoms with Crippen molar-refractivity contribution in [1.82, 2.24) is 0 Å². The standard InChI is InChI=1S/C10H14.C7H14.2C2H6/c1-9(2)8-10-6-4-3-5-7-10;1-7-5-3-2-4-6-7;2*1-2/h3-7,9H,8H2,1-2H3;7H,2-6H2,1H3;2*1-2H3. The van der Waals surface area contributed by atoms with E-state index >= 15 is 0 Å². The van der Waals surface area contributed by atoms with Gasteiger partial charge in [0.05, 0.1) is 0 Å². The first-order valence-electron chi connectivity index (χ1n) is 9.22. The van der Waals surface area contributed by atoms with Gasteiger partial charge in [0, 0.05) is 0 Å². The zero-order valence-corrected chi connectivity index (χ0v) is 15.8.